The zero-order valence-corrected chi connectivity index (χ0v) is 13.9. The van der Waals surface area contributed by atoms with E-state index in [0.717, 1.165) is 0 Å². The van der Waals surface area contributed by atoms with Crippen LogP contribution in [0.4, 0.5) is 0 Å². The topological polar surface area (TPSA) is 0 Å². The Labute approximate surface area is 123 Å². The standard InChI is InChI=1S/C12H16.C3H9P.Pd/c1-2-7-12(9-10-12)8-3-4-11-5-6-11;1-4(2)3;/h2-4,7H,1,5-6,8-10H2;1-3H3;/q-2;;+2/p+1/b4-3+;;. The summed E-state index contributed by atoms with van der Waals surface area (Å²) in [4.78, 5) is 0. The van der Waals surface area contributed by atoms with Gasteiger partial charge in [0.25, 0.3) is 0 Å². The molecule has 2 aliphatic carbocycles. The zero-order chi connectivity index (χ0) is 12.0. The average Bonchev–Trinajstić information content (AvgIpc) is 3.02. The van der Waals surface area contributed by atoms with E-state index in [-0.39, 0.29) is 28.3 Å². The minimum atomic E-state index is 0. The van der Waals surface area contributed by atoms with Crippen LogP contribution in [0.5, 0.6) is 0 Å². The first kappa shape index (κ1) is 17.3. The summed E-state index contributed by atoms with van der Waals surface area (Å²) in [6.07, 6.45) is 15.5. The van der Waals surface area contributed by atoms with Crippen LogP contribution < -0.4 is 0 Å². The first-order valence-corrected chi connectivity index (χ1v) is 9.33. The molecule has 0 nitrogen and oxygen atoms in total. The molecule has 100 valence electrons. The minimum absolute atomic E-state index is 0. The maximum atomic E-state index is 3.76. The van der Waals surface area contributed by atoms with Gasteiger partial charge in [-0.15, -0.1) is 19.3 Å². The molecule has 2 aliphatic rings. The molecule has 0 N–H and O–H groups in total. The third-order valence-electron chi connectivity index (χ3n) is 2.78. The summed E-state index contributed by atoms with van der Waals surface area (Å²) < 4.78 is 0. The van der Waals surface area contributed by atoms with Crippen molar-refractivity contribution >= 4 is 7.92 Å². The largest absolute Gasteiger partial charge is 2.00 e. The molecule has 2 fully saturated rings. The van der Waals surface area contributed by atoms with E-state index in [1.54, 1.807) is 5.92 Å². The molecule has 0 aromatic carbocycles. The van der Waals surface area contributed by atoms with Gasteiger partial charge in [0.1, 0.15) is 0 Å². The maximum absolute atomic E-state index is 3.76. The molecule has 0 heterocycles. The second kappa shape index (κ2) is 8.42. The zero-order valence-electron chi connectivity index (χ0n) is 11.4. The SMILES string of the molecule is C=C[CH-]C1(C/C=C/[C-]2CC2)CC1.C[PH+](C)C.[Pd+2]. The van der Waals surface area contributed by atoms with Gasteiger partial charge in [0.2, 0.25) is 0 Å². The average molecular weight is 344 g/mol. The quantitative estimate of drug-likeness (QED) is 0.390. The van der Waals surface area contributed by atoms with Crippen molar-refractivity contribution in [3.05, 3.63) is 37.1 Å². The van der Waals surface area contributed by atoms with Crippen molar-refractivity contribution in [1.29, 1.82) is 0 Å². The fourth-order valence-corrected chi connectivity index (χ4v) is 1.55. The normalized spacial score (nSPS) is 19.2. The molecule has 0 atom stereocenters. The monoisotopic (exact) mass is 343 g/mol. The van der Waals surface area contributed by atoms with Gasteiger partial charge in [-0.05, 0) is 7.92 Å². The molecule has 0 unspecified atom stereocenters. The van der Waals surface area contributed by atoms with Gasteiger partial charge in [-0.1, -0.05) is 18.3 Å². The fraction of sp³-hybridized carbons (Fsp3) is 0.600. The molecule has 0 saturated heterocycles. The molecule has 2 heteroatoms. The number of rotatable bonds is 5. The Hall–Kier alpha value is 0.312. The smallest absolute Gasteiger partial charge is 0.245 e. The van der Waals surface area contributed by atoms with E-state index in [4.69, 9.17) is 0 Å². The van der Waals surface area contributed by atoms with E-state index in [1.807, 2.05) is 6.08 Å². The predicted octanol–water partition coefficient (Wildman–Crippen LogP) is 4.56. The minimum Gasteiger partial charge on any atom is -0.245 e. The third-order valence-corrected chi connectivity index (χ3v) is 2.78. The number of hydrogen-bond donors (Lipinski definition) is 0. The van der Waals surface area contributed by atoms with Crippen molar-refractivity contribution in [3.63, 3.8) is 0 Å². The second-order valence-electron chi connectivity index (χ2n) is 5.53. The van der Waals surface area contributed by atoms with E-state index in [9.17, 15) is 0 Å². The molecule has 0 aliphatic heterocycles. The first-order valence-electron chi connectivity index (χ1n) is 6.33. The molecule has 17 heavy (non-hydrogen) atoms. The summed E-state index contributed by atoms with van der Waals surface area (Å²) in [5.41, 5.74) is 0.522. The Morgan fingerprint density at radius 3 is 2.18 bits per heavy atom. The van der Waals surface area contributed by atoms with Gasteiger partial charge in [-0.2, -0.15) is 0 Å². The van der Waals surface area contributed by atoms with E-state index in [0.29, 0.717) is 5.41 Å². The van der Waals surface area contributed by atoms with E-state index < -0.39 is 0 Å². The van der Waals surface area contributed by atoms with Gasteiger partial charge in [0, 0.05) is 20.0 Å². The molecular weight excluding hydrogens is 318 g/mol. The van der Waals surface area contributed by atoms with Crippen LogP contribution in [0, 0.1) is 17.8 Å². The maximum Gasteiger partial charge on any atom is 2.00 e. The van der Waals surface area contributed by atoms with E-state index in [2.05, 4.69) is 45.1 Å². The Bertz CT molecular complexity index is 235. The summed E-state index contributed by atoms with van der Waals surface area (Å²) >= 11 is 0. The third kappa shape index (κ3) is 8.96. The van der Waals surface area contributed by atoms with E-state index in [1.165, 1.54) is 32.1 Å². The molecule has 0 bridgehead atoms. The van der Waals surface area contributed by atoms with Crippen LogP contribution in [0.25, 0.3) is 0 Å². The Balaban J connectivity index is 0.000000453. The van der Waals surface area contributed by atoms with Crippen LogP contribution in [0.3, 0.4) is 0 Å². The van der Waals surface area contributed by atoms with Crippen LogP contribution >= 0.6 is 7.92 Å². The van der Waals surface area contributed by atoms with Gasteiger partial charge >= 0.3 is 20.4 Å². The van der Waals surface area contributed by atoms with Crippen LogP contribution in [0.2, 0.25) is 0 Å². The summed E-state index contributed by atoms with van der Waals surface area (Å²) in [6.45, 7) is 10.6. The van der Waals surface area contributed by atoms with Gasteiger partial charge in [-0.3, -0.25) is 0 Å². The number of allylic oxidation sites excluding steroid dienone is 3. The van der Waals surface area contributed by atoms with Crippen molar-refractivity contribution < 1.29 is 20.4 Å². The molecule has 0 aromatic heterocycles. The van der Waals surface area contributed by atoms with Crippen molar-refractivity contribution in [2.24, 2.45) is 5.41 Å². The van der Waals surface area contributed by atoms with Crippen LogP contribution in [0.1, 0.15) is 32.1 Å². The van der Waals surface area contributed by atoms with Gasteiger partial charge in [-0.25, -0.2) is 37.1 Å². The molecule has 0 amide bonds. The molecular formula is C15H26PPd+. The van der Waals surface area contributed by atoms with Gasteiger partial charge in [0.15, 0.2) is 0 Å². The predicted molar refractivity (Wildman–Crippen MR) is 78.5 cm³/mol. The molecule has 0 spiro atoms. The van der Waals surface area contributed by atoms with Gasteiger partial charge in [0.05, 0.1) is 0 Å². The second-order valence-corrected chi connectivity index (χ2v) is 8.53. The summed E-state index contributed by atoms with van der Waals surface area (Å²) in [6, 6.07) is 0. The molecule has 2 rings (SSSR count). The van der Waals surface area contributed by atoms with Crippen molar-refractivity contribution in [1.82, 2.24) is 0 Å². The Morgan fingerprint density at radius 1 is 1.29 bits per heavy atom. The van der Waals surface area contributed by atoms with Crippen molar-refractivity contribution in [2.75, 3.05) is 20.0 Å². The molecule has 2 saturated carbocycles. The Morgan fingerprint density at radius 2 is 1.82 bits per heavy atom. The fourth-order valence-electron chi connectivity index (χ4n) is 1.55. The van der Waals surface area contributed by atoms with Crippen molar-refractivity contribution in [3.8, 4) is 0 Å². The summed E-state index contributed by atoms with van der Waals surface area (Å²) in [5, 5.41) is 0. The van der Waals surface area contributed by atoms with Crippen LogP contribution in [0.15, 0.2) is 24.8 Å². The summed E-state index contributed by atoms with van der Waals surface area (Å²) in [5.74, 6) is 1.63. The molecule has 0 radical (unpaired) electrons. The van der Waals surface area contributed by atoms with Gasteiger partial charge < -0.3 is 0 Å². The first-order chi connectivity index (χ1) is 7.58. The van der Waals surface area contributed by atoms with Crippen molar-refractivity contribution in [2.45, 2.75) is 32.1 Å². The van der Waals surface area contributed by atoms with Crippen LogP contribution in [-0.2, 0) is 20.4 Å². The number of hydrogen-bond acceptors (Lipinski definition) is 0. The van der Waals surface area contributed by atoms with E-state index >= 15 is 0 Å². The summed E-state index contributed by atoms with van der Waals surface area (Å²) in [7, 11) is 0.120. The Kier molecular flexibility index (Phi) is 8.58. The molecule has 0 aromatic rings. The van der Waals surface area contributed by atoms with Crippen LogP contribution in [-0.4, -0.2) is 20.0 Å².